The molecule has 2 amide bonds. The van der Waals surface area contributed by atoms with E-state index >= 15 is 0 Å². The molecule has 30 heteroatoms. The smallest absolute Gasteiger partial charge is 0.386 e. The molecule has 0 spiro atoms. The highest BCUT2D eigenvalue weighted by atomic mass is 32.2. The monoisotopic (exact) mass is 1090 g/mol. The summed E-state index contributed by atoms with van der Waals surface area (Å²) in [6.07, 6.45) is 8.25. The Hall–Kier alpha value is -2.81. The fourth-order valence-electron chi connectivity index (χ4n) is 7.15. The number of hydrogen-bond donors (Lipinski definition) is 10. The van der Waals surface area contributed by atoms with Gasteiger partial charge in [-0.15, -0.1) is 0 Å². The van der Waals surface area contributed by atoms with Crippen LogP contribution in [0.15, 0.2) is 24.6 Å². The molecular formula is C41H71FN7O18P3S. The van der Waals surface area contributed by atoms with Crippen LogP contribution in [0.25, 0.3) is 11.2 Å². The van der Waals surface area contributed by atoms with Gasteiger partial charge in [-0.2, -0.15) is 4.31 Å². The summed E-state index contributed by atoms with van der Waals surface area (Å²) in [5.41, 5.74) is 4.21. The quantitative estimate of drug-likeness (QED) is 0.0325. The van der Waals surface area contributed by atoms with Gasteiger partial charge in [-0.1, -0.05) is 116 Å². The van der Waals surface area contributed by atoms with E-state index < -0.39 is 108 Å². The molecule has 1 aliphatic heterocycles. The number of allylic oxidation sites excluding steroid dienone is 1. The van der Waals surface area contributed by atoms with Crippen molar-refractivity contribution in [3.8, 4) is 0 Å². The number of aliphatic hydroxyl groups is 3. The van der Waals surface area contributed by atoms with Crippen LogP contribution in [0.2, 0.25) is 0 Å². The zero-order valence-corrected chi connectivity index (χ0v) is 43.7. The van der Waals surface area contributed by atoms with E-state index in [-0.39, 0.29) is 42.2 Å². The number of amides is 2. The first kappa shape index (κ1) is 62.5. The summed E-state index contributed by atoms with van der Waals surface area (Å²) in [5.74, 6) is -2.22. The van der Waals surface area contributed by atoms with E-state index in [1.54, 1.807) is 0 Å². The number of carbonyl (C=O) groups is 3. The number of unbranched alkanes of at least 4 members (excludes halogenated alkanes) is 13. The van der Waals surface area contributed by atoms with Gasteiger partial charge in [0, 0.05) is 37.1 Å². The van der Waals surface area contributed by atoms with Crippen LogP contribution in [-0.2, 0) is 50.7 Å². The summed E-state index contributed by atoms with van der Waals surface area (Å²) in [6.45, 7) is 2.38. The molecule has 0 aliphatic carbocycles. The van der Waals surface area contributed by atoms with Crippen LogP contribution in [0.3, 0.4) is 0 Å². The number of thioether (sulfide) groups is 1. The van der Waals surface area contributed by atoms with Crippen LogP contribution in [0.1, 0.15) is 130 Å². The van der Waals surface area contributed by atoms with Crippen LogP contribution in [0, 0.1) is 5.41 Å². The predicted molar refractivity (Wildman–Crippen MR) is 257 cm³/mol. The third kappa shape index (κ3) is 23.1. The number of aliphatic hydroxyl groups excluding tert-OH is 3. The molecule has 1 saturated heterocycles. The number of fused-ring (bicyclic) bond motifs is 1. The lowest BCUT2D eigenvalue weighted by atomic mass is 9.87. The first-order valence-corrected chi connectivity index (χ1v) is 28.9. The summed E-state index contributed by atoms with van der Waals surface area (Å²) in [4.78, 5) is 88.4. The summed E-state index contributed by atoms with van der Waals surface area (Å²) in [6, 6.07) is 0. The Morgan fingerprint density at radius 1 is 0.915 bits per heavy atom. The SMILES string of the molecule is CCCCCCCCCCCCCCC/C=C(\F)C(O)CC(=O)SCCNC(=O)CCNC(=O)[C@H](O)C(C)(C)COP(=O)(O)OP(=O)(O)OC[C@H]1O[C@@H](n2cnc3c(N)ncnc32)[C@H](O)[C@@H]1OP(=O)(O)O. The normalized spacial score (nSPS) is 20.4. The molecule has 0 saturated carbocycles. The second kappa shape index (κ2) is 30.5. The number of phosphoric ester groups is 3. The van der Waals surface area contributed by atoms with Crippen molar-refractivity contribution in [2.24, 2.45) is 5.41 Å². The highest BCUT2D eigenvalue weighted by Crippen LogP contribution is 2.61. The molecule has 25 nitrogen and oxygen atoms in total. The summed E-state index contributed by atoms with van der Waals surface area (Å²) >= 11 is 0.810. The lowest BCUT2D eigenvalue weighted by Crippen LogP contribution is -2.46. The van der Waals surface area contributed by atoms with Gasteiger partial charge in [0.2, 0.25) is 11.8 Å². The van der Waals surface area contributed by atoms with Crippen LogP contribution in [0.5, 0.6) is 0 Å². The number of rotatable bonds is 36. The Morgan fingerprint density at radius 2 is 1.52 bits per heavy atom. The molecule has 2 aromatic rings. The van der Waals surface area contributed by atoms with Gasteiger partial charge in [0.25, 0.3) is 0 Å². The average molecular weight is 1090 g/mol. The van der Waals surface area contributed by atoms with E-state index in [9.17, 15) is 67.4 Å². The van der Waals surface area contributed by atoms with E-state index in [1.807, 2.05) is 0 Å². The van der Waals surface area contributed by atoms with Crippen LogP contribution < -0.4 is 16.4 Å². The number of anilines is 1. The number of nitrogens with zero attached hydrogens (tertiary/aromatic N) is 4. The summed E-state index contributed by atoms with van der Waals surface area (Å²) in [5, 5.41) is 36.1. The predicted octanol–water partition coefficient (Wildman–Crippen LogP) is 4.75. The van der Waals surface area contributed by atoms with E-state index in [2.05, 4.69) is 41.3 Å². The van der Waals surface area contributed by atoms with Crippen LogP contribution in [-0.4, -0.2) is 134 Å². The molecule has 0 radical (unpaired) electrons. The molecule has 3 unspecified atom stereocenters. The lowest BCUT2D eigenvalue weighted by molar-refractivity contribution is -0.137. The first-order chi connectivity index (χ1) is 33.4. The number of phosphoric acid groups is 3. The van der Waals surface area contributed by atoms with Crippen molar-refractivity contribution >= 4 is 69.1 Å². The minimum Gasteiger partial charge on any atom is -0.386 e. The molecule has 2 aromatic heterocycles. The third-order valence-corrected chi connectivity index (χ3v) is 15.1. The minimum absolute atomic E-state index is 0.0196. The molecule has 8 atom stereocenters. The molecule has 0 aromatic carbocycles. The number of aromatic nitrogens is 4. The van der Waals surface area contributed by atoms with E-state index in [1.165, 1.54) is 77.7 Å². The maximum Gasteiger partial charge on any atom is 0.481 e. The second-order valence-electron chi connectivity index (χ2n) is 17.6. The molecule has 1 fully saturated rings. The molecule has 0 bridgehead atoms. The van der Waals surface area contributed by atoms with Crippen LogP contribution in [0.4, 0.5) is 10.2 Å². The maximum atomic E-state index is 14.4. The van der Waals surface area contributed by atoms with Crippen LogP contribution >= 0.6 is 35.2 Å². The largest absolute Gasteiger partial charge is 0.481 e. The van der Waals surface area contributed by atoms with Gasteiger partial charge in [0.1, 0.15) is 48.2 Å². The number of nitrogens with two attached hydrogens (primary N) is 1. The fraction of sp³-hybridized carbons (Fsp3) is 0.756. The van der Waals surface area contributed by atoms with Gasteiger partial charge in [-0.3, -0.25) is 32.5 Å². The minimum atomic E-state index is -5.60. The number of hydrogen-bond acceptors (Lipinski definition) is 19. The summed E-state index contributed by atoms with van der Waals surface area (Å²) in [7, 11) is -16.5. The van der Waals surface area contributed by atoms with E-state index in [4.69, 9.17) is 19.5 Å². The number of halogens is 1. The number of ether oxygens (including phenoxy) is 1. The van der Waals surface area contributed by atoms with Crippen molar-refractivity contribution in [2.75, 3.05) is 37.8 Å². The van der Waals surface area contributed by atoms with Crippen molar-refractivity contribution in [1.82, 2.24) is 30.2 Å². The van der Waals surface area contributed by atoms with Gasteiger partial charge in [0.15, 0.2) is 22.8 Å². The standard InChI is InChI=1S/C41H71FN7O18P3S/c1-4-5-6-7-8-9-10-11-12-13-14-15-16-17-18-28(42)29(50)23-32(52)71-22-21-44-31(51)19-20-45-39(55)36(54)41(2,3)25-64-70(61,62)67-69(59,60)63-24-30-35(66-68(56,57)58)34(53)40(65-30)49-27-48-33-37(43)46-26-47-38(33)49/h18,26-27,29-30,34-36,40,50,53-54H,4-17,19-25H2,1-3H3,(H,44,51)(H,45,55)(H,59,60)(H,61,62)(H2,43,46,47)(H2,56,57,58)/b28-18-/t29?,30-,34-,35-,36+,40-/m1/s1. The van der Waals surface area contributed by atoms with Gasteiger partial charge in [0.05, 0.1) is 19.5 Å². The molecular weight excluding hydrogens is 1020 g/mol. The Kier molecular flexibility index (Phi) is 26.9. The highest BCUT2D eigenvalue weighted by Gasteiger charge is 2.50. The zero-order chi connectivity index (χ0) is 52.8. The van der Waals surface area contributed by atoms with Crippen molar-refractivity contribution in [3.05, 3.63) is 24.6 Å². The van der Waals surface area contributed by atoms with Gasteiger partial charge >= 0.3 is 23.5 Å². The lowest BCUT2D eigenvalue weighted by Gasteiger charge is -2.30. The Balaban J connectivity index is 1.31. The molecule has 406 valence electrons. The maximum absolute atomic E-state index is 14.4. The van der Waals surface area contributed by atoms with Gasteiger partial charge in [-0.05, 0) is 12.8 Å². The molecule has 11 N–H and O–H groups in total. The number of nitrogen functional groups attached to an aromatic ring is 1. The molecule has 3 heterocycles. The topological polar surface area (TPSA) is 384 Å². The average Bonchev–Trinajstić information content (AvgIpc) is 3.85. The first-order valence-electron chi connectivity index (χ1n) is 23.4. The van der Waals surface area contributed by atoms with Crippen molar-refractivity contribution in [2.45, 2.75) is 160 Å². The Bertz CT molecular complexity index is 2170. The van der Waals surface area contributed by atoms with E-state index in [0.29, 0.717) is 6.42 Å². The molecule has 1 aliphatic rings. The van der Waals surface area contributed by atoms with E-state index in [0.717, 1.165) is 54.7 Å². The van der Waals surface area contributed by atoms with Crippen molar-refractivity contribution in [3.63, 3.8) is 0 Å². The van der Waals surface area contributed by atoms with Gasteiger partial charge in [-0.25, -0.2) is 33.0 Å². The Morgan fingerprint density at radius 3 is 2.14 bits per heavy atom. The van der Waals surface area contributed by atoms with Crippen molar-refractivity contribution in [1.29, 1.82) is 0 Å². The van der Waals surface area contributed by atoms with Crippen molar-refractivity contribution < 1.29 is 90.0 Å². The fourth-order valence-corrected chi connectivity index (χ4v) is 10.7. The number of carbonyl (C=O) groups excluding carboxylic acids is 3. The Labute approximate surface area is 416 Å². The number of nitrogens with one attached hydrogen (secondary N) is 2. The molecule has 71 heavy (non-hydrogen) atoms. The highest BCUT2D eigenvalue weighted by molar-refractivity contribution is 8.13. The zero-order valence-electron chi connectivity index (χ0n) is 40.2. The molecule has 3 rings (SSSR count). The number of imidazole rings is 1. The summed E-state index contributed by atoms with van der Waals surface area (Å²) < 4.78 is 76.7. The third-order valence-electron chi connectivity index (χ3n) is 11.1. The second-order valence-corrected chi connectivity index (χ2v) is 23.0. The van der Waals surface area contributed by atoms with Gasteiger partial charge < -0.3 is 56.0 Å².